The van der Waals surface area contributed by atoms with Gasteiger partial charge in [0.2, 0.25) is 0 Å². The van der Waals surface area contributed by atoms with E-state index in [1.165, 1.54) is 11.1 Å². The van der Waals surface area contributed by atoms with E-state index in [2.05, 4.69) is 45.5 Å². The number of nitrogens with one attached hydrogen (secondary N) is 1. The number of fused-ring (bicyclic) bond motifs is 1. The number of hydrogen-bond donors (Lipinski definition) is 1. The minimum Gasteiger partial charge on any atom is -0.466 e. The Balaban J connectivity index is 1.86. The van der Waals surface area contributed by atoms with Crippen LogP contribution >= 0.6 is 15.9 Å². The van der Waals surface area contributed by atoms with Crippen molar-refractivity contribution in [2.45, 2.75) is 18.9 Å². The largest absolute Gasteiger partial charge is 0.466 e. The van der Waals surface area contributed by atoms with Crippen molar-refractivity contribution in [3.63, 3.8) is 0 Å². The van der Waals surface area contributed by atoms with Crippen molar-refractivity contribution >= 4 is 15.9 Å². The second kappa shape index (κ2) is 4.90. The molecule has 18 heavy (non-hydrogen) atoms. The molecule has 1 aromatic heterocycles. The van der Waals surface area contributed by atoms with Gasteiger partial charge in [0.15, 0.2) is 0 Å². The Morgan fingerprint density at radius 3 is 2.39 bits per heavy atom. The van der Waals surface area contributed by atoms with Gasteiger partial charge in [-0.05, 0) is 58.9 Å². The Bertz CT molecular complexity index is 524. The number of halogens is 1. The summed E-state index contributed by atoms with van der Waals surface area (Å²) in [6, 6.07) is 10.9. The maximum absolute atomic E-state index is 5.62. The van der Waals surface area contributed by atoms with Gasteiger partial charge in [0, 0.05) is 0 Å². The molecule has 0 bridgehead atoms. The molecule has 1 heterocycles. The zero-order valence-electron chi connectivity index (χ0n) is 10.3. The predicted molar refractivity (Wildman–Crippen MR) is 75.5 cm³/mol. The van der Waals surface area contributed by atoms with Crippen LogP contribution in [0, 0.1) is 5.92 Å². The fraction of sp³-hybridized carbons (Fsp3) is 0.333. The van der Waals surface area contributed by atoms with Crippen molar-refractivity contribution in [2.24, 2.45) is 5.92 Å². The SMILES string of the molecule is CNC(c1occc1Br)C1Cc2ccccc2C1. The highest BCUT2D eigenvalue weighted by atomic mass is 79.9. The number of furan rings is 1. The fourth-order valence-corrected chi connectivity index (χ4v) is 3.38. The van der Waals surface area contributed by atoms with E-state index in [1.807, 2.05) is 13.1 Å². The number of benzene rings is 1. The Morgan fingerprint density at radius 2 is 1.89 bits per heavy atom. The van der Waals surface area contributed by atoms with Crippen molar-refractivity contribution in [2.75, 3.05) is 7.05 Å². The topological polar surface area (TPSA) is 25.2 Å². The maximum atomic E-state index is 5.62. The lowest BCUT2D eigenvalue weighted by Gasteiger charge is -2.21. The van der Waals surface area contributed by atoms with Crippen LogP contribution in [0.3, 0.4) is 0 Å². The summed E-state index contributed by atoms with van der Waals surface area (Å²) in [5, 5.41) is 3.40. The summed E-state index contributed by atoms with van der Waals surface area (Å²) in [6.45, 7) is 0. The normalized spacial score (nSPS) is 16.8. The molecule has 0 saturated heterocycles. The molecule has 1 atom stereocenters. The van der Waals surface area contributed by atoms with E-state index in [0.717, 1.165) is 23.1 Å². The van der Waals surface area contributed by atoms with Gasteiger partial charge < -0.3 is 9.73 Å². The second-order valence-corrected chi connectivity index (χ2v) is 5.69. The molecule has 0 fully saturated rings. The summed E-state index contributed by atoms with van der Waals surface area (Å²) in [6.07, 6.45) is 3.98. The van der Waals surface area contributed by atoms with Crippen LogP contribution < -0.4 is 5.32 Å². The molecule has 0 amide bonds. The van der Waals surface area contributed by atoms with Gasteiger partial charge in [-0.25, -0.2) is 0 Å². The first kappa shape index (κ1) is 12.0. The van der Waals surface area contributed by atoms with E-state index in [0.29, 0.717) is 5.92 Å². The zero-order chi connectivity index (χ0) is 12.5. The van der Waals surface area contributed by atoms with Crippen LogP contribution in [0.4, 0.5) is 0 Å². The van der Waals surface area contributed by atoms with E-state index in [9.17, 15) is 0 Å². The van der Waals surface area contributed by atoms with Crippen molar-refractivity contribution in [1.82, 2.24) is 5.32 Å². The first-order chi connectivity index (χ1) is 8.79. The predicted octanol–water partition coefficient (Wildman–Crippen LogP) is 3.72. The summed E-state index contributed by atoms with van der Waals surface area (Å²) in [7, 11) is 2.00. The number of rotatable bonds is 3. The Morgan fingerprint density at radius 1 is 1.22 bits per heavy atom. The molecule has 0 radical (unpaired) electrons. The van der Waals surface area contributed by atoms with E-state index in [1.54, 1.807) is 6.26 Å². The molecule has 2 nitrogen and oxygen atoms in total. The van der Waals surface area contributed by atoms with Gasteiger partial charge in [-0.2, -0.15) is 0 Å². The lowest BCUT2D eigenvalue weighted by Crippen LogP contribution is -2.25. The van der Waals surface area contributed by atoms with Crippen molar-refractivity contribution < 1.29 is 4.42 Å². The van der Waals surface area contributed by atoms with Gasteiger partial charge in [-0.15, -0.1) is 0 Å². The van der Waals surface area contributed by atoms with Gasteiger partial charge in [0.25, 0.3) is 0 Å². The van der Waals surface area contributed by atoms with Crippen LogP contribution in [0.25, 0.3) is 0 Å². The molecule has 3 rings (SSSR count). The van der Waals surface area contributed by atoms with Crippen molar-refractivity contribution in [1.29, 1.82) is 0 Å². The molecule has 1 unspecified atom stereocenters. The van der Waals surface area contributed by atoms with Crippen LogP contribution in [0.5, 0.6) is 0 Å². The summed E-state index contributed by atoms with van der Waals surface area (Å²) >= 11 is 3.56. The highest BCUT2D eigenvalue weighted by Gasteiger charge is 2.31. The minimum absolute atomic E-state index is 0.266. The molecule has 0 spiro atoms. The van der Waals surface area contributed by atoms with Gasteiger partial charge >= 0.3 is 0 Å². The highest BCUT2D eigenvalue weighted by molar-refractivity contribution is 9.10. The molecular formula is C15H16BrNO. The third kappa shape index (κ3) is 2.02. The standard InChI is InChI=1S/C15H16BrNO/c1-17-14(15-13(16)6-7-18-15)12-8-10-4-2-3-5-11(10)9-12/h2-7,12,14,17H,8-9H2,1H3. The molecule has 1 aliphatic carbocycles. The monoisotopic (exact) mass is 305 g/mol. The molecular weight excluding hydrogens is 290 g/mol. The lowest BCUT2D eigenvalue weighted by molar-refractivity contribution is 0.331. The van der Waals surface area contributed by atoms with E-state index in [-0.39, 0.29) is 6.04 Å². The van der Waals surface area contributed by atoms with Crippen LogP contribution in [0.15, 0.2) is 45.5 Å². The summed E-state index contributed by atoms with van der Waals surface area (Å²) < 4.78 is 6.67. The molecule has 1 N–H and O–H groups in total. The average Bonchev–Trinajstić information content (AvgIpc) is 2.97. The summed E-state index contributed by atoms with van der Waals surface area (Å²) in [5.41, 5.74) is 2.95. The second-order valence-electron chi connectivity index (χ2n) is 4.84. The molecule has 3 heteroatoms. The molecule has 2 aromatic rings. The summed E-state index contributed by atoms with van der Waals surface area (Å²) in [5.74, 6) is 1.57. The smallest absolute Gasteiger partial charge is 0.135 e. The van der Waals surface area contributed by atoms with Crippen molar-refractivity contribution in [3.8, 4) is 0 Å². The Kier molecular flexibility index (Phi) is 3.27. The van der Waals surface area contributed by atoms with Crippen molar-refractivity contribution in [3.05, 3.63) is 58.0 Å². The van der Waals surface area contributed by atoms with Crippen LogP contribution in [-0.4, -0.2) is 7.05 Å². The van der Waals surface area contributed by atoms with Crippen LogP contribution in [0.2, 0.25) is 0 Å². The first-order valence-electron chi connectivity index (χ1n) is 6.26. The molecule has 1 aromatic carbocycles. The molecule has 0 saturated carbocycles. The molecule has 0 aliphatic heterocycles. The molecule has 94 valence electrons. The zero-order valence-corrected chi connectivity index (χ0v) is 11.9. The lowest BCUT2D eigenvalue weighted by atomic mass is 9.95. The third-order valence-corrected chi connectivity index (χ3v) is 4.45. The average molecular weight is 306 g/mol. The highest BCUT2D eigenvalue weighted by Crippen LogP contribution is 2.37. The maximum Gasteiger partial charge on any atom is 0.135 e. The Labute approximate surface area is 116 Å². The van der Waals surface area contributed by atoms with Gasteiger partial charge in [0.05, 0.1) is 16.8 Å². The minimum atomic E-state index is 0.266. The molecule has 1 aliphatic rings. The van der Waals surface area contributed by atoms with Crippen LogP contribution in [0.1, 0.15) is 22.9 Å². The third-order valence-electron chi connectivity index (χ3n) is 3.79. The number of hydrogen-bond acceptors (Lipinski definition) is 2. The van der Waals surface area contributed by atoms with Gasteiger partial charge in [-0.3, -0.25) is 0 Å². The van der Waals surface area contributed by atoms with Gasteiger partial charge in [0.1, 0.15) is 5.76 Å². The van der Waals surface area contributed by atoms with E-state index >= 15 is 0 Å². The van der Waals surface area contributed by atoms with E-state index < -0.39 is 0 Å². The fourth-order valence-electron chi connectivity index (χ4n) is 2.94. The van der Waals surface area contributed by atoms with E-state index in [4.69, 9.17) is 4.42 Å². The first-order valence-corrected chi connectivity index (χ1v) is 7.06. The van der Waals surface area contributed by atoms with Crippen LogP contribution in [-0.2, 0) is 12.8 Å². The Hall–Kier alpha value is -1.06. The quantitative estimate of drug-likeness (QED) is 0.935. The van der Waals surface area contributed by atoms with Gasteiger partial charge in [-0.1, -0.05) is 24.3 Å². The summed E-state index contributed by atoms with van der Waals surface area (Å²) in [4.78, 5) is 0.